The first-order valence-electron chi connectivity index (χ1n) is 8.25. The van der Waals surface area contributed by atoms with Crippen molar-refractivity contribution in [3.8, 4) is 0 Å². The summed E-state index contributed by atoms with van der Waals surface area (Å²) >= 11 is 0. The smallest absolute Gasteiger partial charge is 0.0544 e. The lowest BCUT2D eigenvalue weighted by atomic mass is 10.1. The van der Waals surface area contributed by atoms with Crippen LogP contribution in [-0.2, 0) is 13.1 Å². The third kappa shape index (κ3) is 5.59. The van der Waals surface area contributed by atoms with Gasteiger partial charge < -0.3 is 5.32 Å². The molecule has 0 amide bonds. The Morgan fingerprint density at radius 3 is 2.50 bits per heavy atom. The second-order valence-corrected chi connectivity index (χ2v) is 5.88. The van der Waals surface area contributed by atoms with E-state index in [1.54, 1.807) is 0 Å². The molecule has 1 aromatic heterocycles. The van der Waals surface area contributed by atoms with Gasteiger partial charge in [-0.15, -0.1) is 0 Å². The third-order valence-corrected chi connectivity index (χ3v) is 3.98. The van der Waals surface area contributed by atoms with Crippen molar-refractivity contribution in [1.82, 2.24) is 15.2 Å². The van der Waals surface area contributed by atoms with Gasteiger partial charge in [-0.25, -0.2) is 0 Å². The molecule has 1 fully saturated rings. The zero-order chi connectivity index (χ0) is 14.0. The molecule has 0 atom stereocenters. The summed E-state index contributed by atoms with van der Waals surface area (Å²) in [5.41, 5.74) is 2.50. The first-order valence-corrected chi connectivity index (χ1v) is 8.25. The summed E-state index contributed by atoms with van der Waals surface area (Å²) in [6, 6.07) is 4.41. The van der Waals surface area contributed by atoms with Crippen LogP contribution in [0.5, 0.6) is 0 Å². The molecule has 0 aliphatic carbocycles. The summed E-state index contributed by atoms with van der Waals surface area (Å²) in [5, 5.41) is 3.42. The number of hydrogen-bond donors (Lipinski definition) is 1. The van der Waals surface area contributed by atoms with E-state index in [0.29, 0.717) is 0 Å². The van der Waals surface area contributed by atoms with Gasteiger partial charge in [0.2, 0.25) is 0 Å². The molecular formula is C17H29N3. The highest BCUT2D eigenvalue weighted by Gasteiger charge is 2.09. The molecule has 20 heavy (non-hydrogen) atoms. The predicted octanol–water partition coefficient (Wildman–Crippen LogP) is 3.35. The van der Waals surface area contributed by atoms with Crippen LogP contribution in [0, 0.1) is 0 Å². The molecule has 0 unspecified atom stereocenters. The normalized spacial score (nSPS) is 17.6. The Morgan fingerprint density at radius 1 is 1.10 bits per heavy atom. The molecular weight excluding hydrogens is 246 g/mol. The topological polar surface area (TPSA) is 28.2 Å². The quantitative estimate of drug-likeness (QED) is 0.807. The fourth-order valence-corrected chi connectivity index (χ4v) is 2.76. The second-order valence-electron chi connectivity index (χ2n) is 5.88. The number of likely N-dealkylation sites (tertiary alicyclic amines) is 1. The predicted molar refractivity (Wildman–Crippen MR) is 84.6 cm³/mol. The van der Waals surface area contributed by atoms with E-state index in [1.807, 2.05) is 6.20 Å². The maximum Gasteiger partial charge on any atom is 0.0544 e. The summed E-state index contributed by atoms with van der Waals surface area (Å²) < 4.78 is 0. The minimum atomic E-state index is 0.935. The minimum absolute atomic E-state index is 0.935. The highest BCUT2D eigenvalue weighted by atomic mass is 15.1. The van der Waals surface area contributed by atoms with Gasteiger partial charge in [0.05, 0.1) is 5.69 Å². The molecule has 1 aliphatic rings. The van der Waals surface area contributed by atoms with Crippen LogP contribution in [0.4, 0.5) is 0 Å². The van der Waals surface area contributed by atoms with Gasteiger partial charge in [0.1, 0.15) is 0 Å². The first-order chi connectivity index (χ1) is 9.88. The molecule has 0 spiro atoms. The van der Waals surface area contributed by atoms with Crippen molar-refractivity contribution in [2.45, 2.75) is 58.5 Å². The molecule has 3 heteroatoms. The average molecular weight is 275 g/mol. The molecule has 112 valence electrons. The van der Waals surface area contributed by atoms with Gasteiger partial charge in [-0.3, -0.25) is 9.88 Å². The van der Waals surface area contributed by atoms with Crippen LogP contribution >= 0.6 is 0 Å². The van der Waals surface area contributed by atoms with Crippen molar-refractivity contribution in [3.63, 3.8) is 0 Å². The Bertz CT molecular complexity index is 353. The van der Waals surface area contributed by atoms with Crippen LogP contribution in [0.1, 0.15) is 56.7 Å². The van der Waals surface area contributed by atoms with Crippen LogP contribution in [0.3, 0.4) is 0 Å². The molecule has 1 N–H and O–H groups in total. The summed E-state index contributed by atoms with van der Waals surface area (Å²) in [4.78, 5) is 7.19. The van der Waals surface area contributed by atoms with E-state index in [2.05, 4.69) is 34.3 Å². The molecule has 0 radical (unpaired) electrons. The Kier molecular flexibility index (Phi) is 7.02. The summed E-state index contributed by atoms with van der Waals surface area (Å²) in [6.45, 7) is 7.70. The number of nitrogens with zero attached hydrogens (tertiary/aromatic N) is 2. The van der Waals surface area contributed by atoms with E-state index < -0.39 is 0 Å². The molecule has 0 aromatic carbocycles. The van der Waals surface area contributed by atoms with Crippen molar-refractivity contribution >= 4 is 0 Å². The SMILES string of the molecule is CCCNCc1ccc(CN2CCCCCCC2)nc1. The molecule has 2 rings (SSSR count). The van der Waals surface area contributed by atoms with Gasteiger partial charge in [-0.2, -0.15) is 0 Å². The van der Waals surface area contributed by atoms with Crippen LogP contribution in [0.15, 0.2) is 18.3 Å². The summed E-state index contributed by atoms with van der Waals surface area (Å²) in [5.74, 6) is 0. The number of nitrogens with one attached hydrogen (secondary N) is 1. The van der Waals surface area contributed by atoms with Gasteiger partial charge in [0.15, 0.2) is 0 Å². The van der Waals surface area contributed by atoms with E-state index in [9.17, 15) is 0 Å². The molecule has 2 heterocycles. The van der Waals surface area contributed by atoms with Crippen molar-refractivity contribution in [2.75, 3.05) is 19.6 Å². The zero-order valence-corrected chi connectivity index (χ0v) is 12.9. The van der Waals surface area contributed by atoms with Crippen molar-refractivity contribution < 1.29 is 0 Å². The van der Waals surface area contributed by atoms with Crippen LogP contribution in [-0.4, -0.2) is 29.5 Å². The lowest BCUT2D eigenvalue weighted by Gasteiger charge is -2.24. The maximum atomic E-state index is 4.62. The van der Waals surface area contributed by atoms with Gasteiger partial charge >= 0.3 is 0 Å². The van der Waals surface area contributed by atoms with Crippen LogP contribution in [0.25, 0.3) is 0 Å². The van der Waals surface area contributed by atoms with Crippen molar-refractivity contribution in [2.24, 2.45) is 0 Å². The lowest BCUT2D eigenvalue weighted by Crippen LogP contribution is -2.27. The number of aromatic nitrogens is 1. The Hall–Kier alpha value is -0.930. The van der Waals surface area contributed by atoms with Crippen LogP contribution in [0.2, 0.25) is 0 Å². The van der Waals surface area contributed by atoms with E-state index in [0.717, 1.165) is 19.6 Å². The van der Waals surface area contributed by atoms with E-state index >= 15 is 0 Å². The molecule has 1 aliphatic heterocycles. The maximum absolute atomic E-state index is 4.62. The minimum Gasteiger partial charge on any atom is -0.313 e. The largest absolute Gasteiger partial charge is 0.313 e. The van der Waals surface area contributed by atoms with Crippen molar-refractivity contribution in [1.29, 1.82) is 0 Å². The summed E-state index contributed by atoms with van der Waals surface area (Å²) in [7, 11) is 0. The third-order valence-electron chi connectivity index (χ3n) is 3.98. The van der Waals surface area contributed by atoms with Crippen LogP contribution < -0.4 is 5.32 Å². The van der Waals surface area contributed by atoms with E-state index in [1.165, 1.54) is 62.9 Å². The van der Waals surface area contributed by atoms with Gasteiger partial charge in [0.25, 0.3) is 0 Å². The Balaban J connectivity index is 1.79. The highest BCUT2D eigenvalue weighted by molar-refractivity contribution is 5.14. The molecule has 1 aromatic rings. The highest BCUT2D eigenvalue weighted by Crippen LogP contribution is 2.12. The van der Waals surface area contributed by atoms with Gasteiger partial charge in [-0.1, -0.05) is 32.3 Å². The summed E-state index contributed by atoms with van der Waals surface area (Å²) in [6.07, 6.45) is 10.1. The molecule has 3 nitrogen and oxygen atoms in total. The molecule has 1 saturated heterocycles. The molecule has 0 bridgehead atoms. The fraction of sp³-hybridized carbons (Fsp3) is 0.706. The Labute approximate surface area is 123 Å². The first kappa shape index (κ1) is 15.5. The Morgan fingerprint density at radius 2 is 1.85 bits per heavy atom. The zero-order valence-electron chi connectivity index (χ0n) is 12.9. The van der Waals surface area contributed by atoms with Crippen molar-refractivity contribution in [3.05, 3.63) is 29.6 Å². The second kappa shape index (κ2) is 9.09. The van der Waals surface area contributed by atoms with Gasteiger partial charge in [0, 0.05) is 19.3 Å². The standard InChI is InChI=1S/C17H29N3/c1-2-10-18-13-16-8-9-17(19-14-16)15-20-11-6-4-3-5-7-12-20/h8-9,14,18H,2-7,10-13,15H2,1H3. The lowest BCUT2D eigenvalue weighted by molar-refractivity contribution is 0.237. The van der Waals surface area contributed by atoms with E-state index in [4.69, 9.17) is 0 Å². The molecule has 0 saturated carbocycles. The number of rotatable bonds is 6. The number of hydrogen-bond acceptors (Lipinski definition) is 3. The monoisotopic (exact) mass is 275 g/mol. The van der Waals surface area contributed by atoms with E-state index in [-0.39, 0.29) is 0 Å². The average Bonchev–Trinajstić information content (AvgIpc) is 2.44. The fourth-order valence-electron chi connectivity index (χ4n) is 2.76. The number of pyridine rings is 1. The van der Waals surface area contributed by atoms with Gasteiger partial charge in [-0.05, 0) is 50.5 Å².